The third-order valence-electron chi connectivity index (χ3n) is 4.49. The Labute approximate surface area is 185 Å². The molecule has 33 heavy (non-hydrogen) atoms. The summed E-state index contributed by atoms with van der Waals surface area (Å²) in [6.07, 6.45) is 1.22. The Morgan fingerprint density at radius 1 is 1.21 bits per heavy atom. The van der Waals surface area contributed by atoms with Gasteiger partial charge in [-0.05, 0) is 28.5 Å². The van der Waals surface area contributed by atoms with Gasteiger partial charge < -0.3 is 15.6 Å². The molecule has 4 aromatic rings. The van der Waals surface area contributed by atoms with Gasteiger partial charge in [0.15, 0.2) is 5.69 Å². The number of carbonyl (C=O) groups is 2. The molecule has 0 spiro atoms. The maximum atomic E-state index is 12.9. The van der Waals surface area contributed by atoms with Crippen molar-refractivity contribution in [2.45, 2.75) is 0 Å². The van der Waals surface area contributed by atoms with Crippen molar-refractivity contribution in [2.75, 3.05) is 12.8 Å². The fourth-order valence-electron chi connectivity index (χ4n) is 2.97. The van der Waals surface area contributed by atoms with E-state index in [-0.39, 0.29) is 28.6 Å². The van der Waals surface area contributed by atoms with E-state index >= 15 is 0 Å². The Kier molecular flexibility index (Phi) is 5.75. The molecule has 0 aliphatic heterocycles. The topological polar surface area (TPSA) is 184 Å². The van der Waals surface area contributed by atoms with Crippen LogP contribution in [0.2, 0.25) is 0 Å². The molecule has 0 radical (unpaired) electrons. The maximum Gasteiger partial charge on any atom is 0.336 e. The fraction of sp³-hybridized carbons (Fsp3) is 0.0500. The molecule has 2 aromatic heterocycles. The molecule has 2 heterocycles. The maximum absolute atomic E-state index is 12.9. The number of nitrogen functional groups attached to an aromatic ring is 1. The van der Waals surface area contributed by atoms with E-state index in [1.807, 2.05) is 0 Å². The van der Waals surface area contributed by atoms with Gasteiger partial charge in [-0.25, -0.2) is 14.8 Å². The van der Waals surface area contributed by atoms with E-state index in [1.54, 1.807) is 42.5 Å². The average Bonchev–Trinajstić information content (AvgIpc) is 3.45. The van der Waals surface area contributed by atoms with Crippen LogP contribution in [0.25, 0.3) is 17.1 Å². The molecule has 0 bridgehead atoms. The minimum absolute atomic E-state index is 0.0347. The highest BCUT2D eigenvalue weighted by atomic mass is 16.6. The van der Waals surface area contributed by atoms with Gasteiger partial charge in [-0.3, -0.25) is 4.79 Å². The minimum atomic E-state index is -1.12. The van der Waals surface area contributed by atoms with Crippen molar-refractivity contribution in [3.8, 4) is 22.8 Å². The van der Waals surface area contributed by atoms with Crippen molar-refractivity contribution >= 4 is 23.9 Å². The zero-order chi connectivity index (χ0) is 23.4. The number of aromatic nitrogens is 5. The number of anilines is 1. The highest BCUT2D eigenvalue weighted by molar-refractivity contribution is 6.00. The summed E-state index contributed by atoms with van der Waals surface area (Å²) in [5.41, 5.74) is 9.11. The Hall–Kier alpha value is -5.07. The zero-order valence-electron chi connectivity index (χ0n) is 17.0. The second-order valence-corrected chi connectivity index (χ2v) is 6.50. The number of nitrogens with one attached hydrogen (secondary N) is 1. The van der Waals surface area contributed by atoms with Crippen LogP contribution in [-0.2, 0) is 0 Å². The van der Waals surface area contributed by atoms with Gasteiger partial charge in [0, 0.05) is 11.1 Å². The van der Waals surface area contributed by atoms with Gasteiger partial charge in [-0.15, -0.1) is 5.10 Å². The fourth-order valence-corrected chi connectivity index (χ4v) is 2.97. The quantitative estimate of drug-likeness (QED) is 0.275. The largest absolute Gasteiger partial charge is 0.497 e. The van der Waals surface area contributed by atoms with E-state index in [9.17, 15) is 14.7 Å². The summed E-state index contributed by atoms with van der Waals surface area (Å²) in [4.78, 5) is 24.2. The first-order valence-electron chi connectivity index (χ1n) is 9.34. The lowest BCUT2D eigenvalue weighted by Crippen LogP contribution is -2.19. The molecule has 0 atom stereocenters. The molecule has 0 saturated heterocycles. The number of aromatic carboxylic acids is 1. The van der Waals surface area contributed by atoms with E-state index in [0.29, 0.717) is 16.9 Å². The van der Waals surface area contributed by atoms with E-state index < -0.39 is 11.9 Å². The zero-order valence-corrected chi connectivity index (χ0v) is 17.0. The molecule has 2 aromatic carbocycles. The first-order chi connectivity index (χ1) is 16.0. The Morgan fingerprint density at radius 3 is 2.76 bits per heavy atom. The lowest BCUT2D eigenvalue weighted by atomic mass is 10.1. The van der Waals surface area contributed by atoms with E-state index in [2.05, 4.69) is 35.8 Å². The number of rotatable bonds is 7. The molecular formula is C20H16N8O5. The van der Waals surface area contributed by atoms with Crippen LogP contribution < -0.4 is 15.9 Å². The molecular weight excluding hydrogens is 432 g/mol. The minimum Gasteiger partial charge on any atom is -0.497 e. The molecule has 0 unspecified atom stereocenters. The summed E-state index contributed by atoms with van der Waals surface area (Å²) in [5.74, 6) is -1.32. The molecule has 4 N–H and O–H groups in total. The van der Waals surface area contributed by atoms with Crippen molar-refractivity contribution in [1.82, 2.24) is 30.7 Å². The number of benzene rings is 2. The van der Waals surface area contributed by atoms with Crippen molar-refractivity contribution < 1.29 is 24.1 Å². The molecule has 0 saturated carbocycles. The molecule has 0 fully saturated rings. The lowest BCUT2D eigenvalue weighted by molar-refractivity contribution is 0.0696. The van der Waals surface area contributed by atoms with Crippen LogP contribution in [0.3, 0.4) is 0 Å². The predicted octanol–water partition coefficient (Wildman–Crippen LogP) is 1.37. The van der Waals surface area contributed by atoms with Gasteiger partial charge in [-0.1, -0.05) is 35.5 Å². The first kappa shape index (κ1) is 21.2. The number of carboxylic acids is 1. The van der Waals surface area contributed by atoms with Crippen LogP contribution in [0.1, 0.15) is 26.4 Å². The highest BCUT2D eigenvalue weighted by Crippen LogP contribution is 2.28. The van der Waals surface area contributed by atoms with Crippen LogP contribution in [0.4, 0.5) is 5.82 Å². The summed E-state index contributed by atoms with van der Waals surface area (Å²) < 4.78 is 11.1. The molecule has 13 nitrogen and oxygen atoms in total. The monoisotopic (exact) mass is 448 g/mol. The highest BCUT2D eigenvalue weighted by Gasteiger charge is 2.25. The van der Waals surface area contributed by atoms with E-state index in [0.717, 1.165) is 0 Å². The van der Waals surface area contributed by atoms with Crippen molar-refractivity contribution in [3.05, 3.63) is 65.4 Å². The van der Waals surface area contributed by atoms with Gasteiger partial charge in [0.1, 0.15) is 11.4 Å². The van der Waals surface area contributed by atoms with Crippen LogP contribution >= 0.6 is 0 Å². The van der Waals surface area contributed by atoms with E-state index in [4.69, 9.17) is 10.5 Å². The number of hydrogen-bond donors (Lipinski definition) is 3. The second-order valence-electron chi connectivity index (χ2n) is 6.50. The lowest BCUT2D eigenvalue weighted by Gasteiger charge is -2.07. The summed E-state index contributed by atoms with van der Waals surface area (Å²) in [6.45, 7) is 0. The molecule has 0 aliphatic carbocycles. The van der Waals surface area contributed by atoms with Gasteiger partial charge in [0.2, 0.25) is 11.6 Å². The van der Waals surface area contributed by atoms with Crippen molar-refractivity contribution in [2.24, 2.45) is 5.10 Å². The normalized spacial score (nSPS) is 10.9. The molecule has 0 aliphatic rings. The van der Waals surface area contributed by atoms with Gasteiger partial charge >= 0.3 is 5.97 Å². The summed E-state index contributed by atoms with van der Waals surface area (Å²) in [5, 5.41) is 28.3. The van der Waals surface area contributed by atoms with Crippen molar-refractivity contribution in [3.63, 3.8) is 0 Å². The third-order valence-corrected chi connectivity index (χ3v) is 4.49. The Morgan fingerprint density at radius 2 is 2.03 bits per heavy atom. The summed E-state index contributed by atoms with van der Waals surface area (Å²) >= 11 is 0. The predicted molar refractivity (Wildman–Crippen MR) is 114 cm³/mol. The number of methoxy groups -OCH3 is 1. The van der Waals surface area contributed by atoms with Gasteiger partial charge in [-0.2, -0.15) is 9.78 Å². The smallest absolute Gasteiger partial charge is 0.336 e. The number of nitrogens with zero attached hydrogens (tertiary/aromatic N) is 6. The standard InChI is InChI=1S/C20H16N8O5/c1-32-13-7-4-6-11(9-13)16-15(23-27-28(16)18-17(21)25-33-26-18)19(29)24-22-10-12-5-2-3-8-14(12)20(30)31/h2-10H,1H3,(H2,21,25)(H,24,29)(H,30,31)/b22-10+. The molecule has 166 valence electrons. The summed E-state index contributed by atoms with van der Waals surface area (Å²) in [7, 11) is 1.51. The third kappa shape index (κ3) is 4.23. The SMILES string of the molecule is COc1cccc(-c2c(C(=O)N/N=C/c3ccccc3C(=O)O)nnn2-c2nonc2N)c1. The number of amides is 1. The van der Waals surface area contributed by atoms with Crippen LogP contribution in [0.5, 0.6) is 5.75 Å². The average molecular weight is 448 g/mol. The molecule has 1 amide bonds. The molecule has 13 heteroatoms. The number of nitrogens with two attached hydrogens (primary N) is 1. The van der Waals surface area contributed by atoms with Gasteiger partial charge in [0.05, 0.1) is 18.9 Å². The second kappa shape index (κ2) is 8.97. The first-order valence-corrected chi connectivity index (χ1v) is 9.34. The number of hydrogen-bond acceptors (Lipinski definition) is 10. The van der Waals surface area contributed by atoms with Crippen molar-refractivity contribution in [1.29, 1.82) is 0 Å². The van der Waals surface area contributed by atoms with Crippen LogP contribution in [0, 0.1) is 0 Å². The van der Waals surface area contributed by atoms with Gasteiger partial charge in [0.25, 0.3) is 5.91 Å². The number of carbonyl (C=O) groups excluding carboxylic acids is 1. The summed E-state index contributed by atoms with van der Waals surface area (Å²) in [6, 6.07) is 13.0. The van der Waals surface area contributed by atoms with Crippen LogP contribution in [-0.4, -0.2) is 55.6 Å². The van der Waals surface area contributed by atoms with Crippen LogP contribution in [0.15, 0.2) is 58.3 Å². The Balaban J connectivity index is 1.70. The van der Waals surface area contributed by atoms with E-state index in [1.165, 1.54) is 24.1 Å². The number of ether oxygens (including phenoxy) is 1. The Bertz CT molecular complexity index is 1360. The number of carboxylic acid groups (broad SMARTS) is 1. The molecule has 4 rings (SSSR count). The number of hydrazone groups is 1.